The number of likely N-dealkylation sites (tertiary alicyclic amines) is 1. The van der Waals surface area contributed by atoms with E-state index in [-0.39, 0.29) is 18.4 Å². The van der Waals surface area contributed by atoms with Crippen LogP contribution in [0.2, 0.25) is 0 Å². The number of nitrogens with zero attached hydrogens (tertiary/aromatic N) is 6. The van der Waals surface area contributed by atoms with Gasteiger partial charge in [0.25, 0.3) is 0 Å². The first-order valence-electron chi connectivity index (χ1n) is 18.1. The quantitative estimate of drug-likeness (QED) is 0.120. The molecule has 1 fully saturated rings. The molecule has 53 heavy (non-hydrogen) atoms. The first-order chi connectivity index (χ1) is 25.6. The summed E-state index contributed by atoms with van der Waals surface area (Å²) in [4.78, 5) is 32.7. The number of aliphatic hydroxyl groups excluding tert-OH is 1. The number of carbonyl (C=O) groups is 1. The number of nitriles is 1. The van der Waals surface area contributed by atoms with Gasteiger partial charge in [0, 0.05) is 30.6 Å². The molecule has 3 aromatic carbocycles. The second kappa shape index (κ2) is 15.1. The Balaban J connectivity index is 1.17. The van der Waals surface area contributed by atoms with Gasteiger partial charge >= 0.3 is 5.97 Å². The van der Waals surface area contributed by atoms with Gasteiger partial charge in [-0.15, -0.1) is 0 Å². The number of aliphatic carboxylic acids is 1. The zero-order chi connectivity index (χ0) is 37.2. The van der Waals surface area contributed by atoms with Gasteiger partial charge in [-0.2, -0.15) is 5.26 Å². The molecule has 1 aliphatic rings. The van der Waals surface area contributed by atoms with Gasteiger partial charge in [0.1, 0.15) is 22.9 Å². The van der Waals surface area contributed by atoms with Crippen molar-refractivity contribution in [2.75, 3.05) is 25.0 Å². The number of rotatable bonds is 11. The number of aliphatic hydroxyl groups is 1. The molecule has 3 N–H and O–H groups in total. The van der Waals surface area contributed by atoms with Crippen molar-refractivity contribution in [3.8, 4) is 28.7 Å². The predicted molar refractivity (Wildman–Crippen MR) is 205 cm³/mol. The molecule has 1 atom stereocenters. The summed E-state index contributed by atoms with van der Waals surface area (Å²) in [5.74, 6) is 0.924. The molecule has 0 aliphatic carbocycles. The molecular formula is C42H43N7O4. The predicted octanol–water partition coefficient (Wildman–Crippen LogP) is 7.90. The summed E-state index contributed by atoms with van der Waals surface area (Å²) in [5, 5.41) is 32.4. The summed E-state index contributed by atoms with van der Waals surface area (Å²) in [7, 11) is 0. The number of hydrogen-bond acceptors (Lipinski definition) is 10. The van der Waals surface area contributed by atoms with Gasteiger partial charge in [0.05, 0.1) is 17.0 Å². The Morgan fingerprint density at radius 2 is 1.70 bits per heavy atom. The van der Waals surface area contributed by atoms with Crippen LogP contribution >= 0.6 is 0 Å². The zero-order valence-electron chi connectivity index (χ0n) is 30.5. The highest BCUT2D eigenvalue weighted by molar-refractivity contribution is 5.89. The molecule has 0 saturated carbocycles. The molecule has 0 amide bonds. The Kier molecular flexibility index (Phi) is 10.2. The Bertz CT molecular complexity index is 2370. The molecule has 0 unspecified atom stereocenters. The number of pyridine rings is 1. The molecule has 7 rings (SSSR count). The highest BCUT2D eigenvalue weighted by atomic mass is 16.4. The largest absolute Gasteiger partial charge is 0.481 e. The molecule has 11 heteroatoms. The van der Waals surface area contributed by atoms with Crippen LogP contribution in [0.3, 0.4) is 0 Å². The summed E-state index contributed by atoms with van der Waals surface area (Å²) in [6.45, 7) is 10.2. The van der Waals surface area contributed by atoms with E-state index in [1.54, 1.807) is 0 Å². The van der Waals surface area contributed by atoms with Gasteiger partial charge in [0.2, 0.25) is 5.89 Å². The first-order valence-corrected chi connectivity index (χ1v) is 18.1. The minimum atomic E-state index is -0.730. The molecule has 270 valence electrons. The number of nitrogens with one attached hydrogen (secondary N) is 1. The van der Waals surface area contributed by atoms with Crippen molar-refractivity contribution in [1.82, 2.24) is 24.8 Å². The molecule has 0 spiro atoms. The smallest absolute Gasteiger partial charge is 0.306 e. The highest BCUT2D eigenvalue weighted by Gasteiger charge is 2.25. The van der Waals surface area contributed by atoms with E-state index in [9.17, 15) is 20.3 Å². The standard InChI is InChI=1S/C42H43N7O4/c1-24(23-50)11-12-28-18-36-38(44-21-28)40(46-27(4)45-36)47-35-10-6-8-33(26(35)3)32-7-5-9-34(25(32)2)41-48-37-19-29(17-31(20-43)39(37)53-41)22-49-15-13-30(14-16-49)42(51)52/h5-10,17-19,21,24,30,50H,11-16,22-23H2,1-4H3,(H,51,52)(H,45,46,47)/t24-/m1/s1. The minimum absolute atomic E-state index is 0.166. The summed E-state index contributed by atoms with van der Waals surface area (Å²) in [5.41, 5.74) is 10.8. The van der Waals surface area contributed by atoms with Crippen molar-refractivity contribution in [1.29, 1.82) is 5.26 Å². The highest BCUT2D eigenvalue weighted by Crippen LogP contribution is 2.38. The van der Waals surface area contributed by atoms with E-state index in [0.717, 1.165) is 63.0 Å². The van der Waals surface area contributed by atoms with Crippen LogP contribution < -0.4 is 5.32 Å². The summed E-state index contributed by atoms with van der Waals surface area (Å²) < 4.78 is 6.30. The zero-order valence-corrected chi connectivity index (χ0v) is 30.5. The van der Waals surface area contributed by atoms with Gasteiger partial charge < -0.3 is 19.9 Å². The maximum absolute atomic E-state index is 11.4. The first kappa shape index (κ1) is 35.7. The molecular weight excluding hydrogens is 667 g/mol. The second-order valence-corrected chi connectivity index (χ2v) is 14.2. The third kappa shape index (κ3) is 7.47. The van der Waals surface area contributed by atoms with E-state index in [1.807, 2.05) is 56.4 Å². The van der Waals surface area contributed by atoms with Crippen LogP contribution in [0.5, 0.6) is 0 Å². The third-order valence-corrected chi connectivity index (χ3v) is 10.4. The minimum Gasteiger partial charge on any atom is -0.481 e. The SMILES string of the molecule is Cc1nc(Nc2cccc(-c3cccc(-c4nc5cc(CN6CCC(C(=O)O)CC6)cc(C#N)c5o4)c3C)c2C)c2ncc(CC[C@@H](C)CO)cc2n1. The lowest BCUT2D eigenvalue weighted by Gasteiger charge is -2.30. The number of carboxylic acid groups (broad SMARTS) is 1. The number of oxazole rings is 1. The number of carboxylic acids is 1. The van der Waals surface area contributed by atoms with Crippen molar-refractivity contribution in [2.24, 2.45) is 11.8 Å². The lowest BCUT2D eigenvalue weighted by molar-refractivity contribution is -0.143. The normalized spacial score (nSPS) is 14.4. The average molecular weight is 710 g/mol. The van der Waals surface area contributed by atoms with Gasteiger partial charge in [0.15, 0.2) is 11.4 Å². The fourth-order valence-corrected chi connectivity index (χ4v) is 7.23. The summed E-state index contributed by atoms with van der Waals surface area (Å²) >= 11 is 0. The number of aryl methyl sites for hydroxylation is 2. The van der Waals surface area contributed by atoms with Crippen LogP contribution in [0, 0.1) is 43.9 Å². The molecule has 0 radical (unpaired) electrons. The monoisotopic (exact) mass is 709 g/mol. The fraction of sp³-hybridized carbons (Fsp3) is 0.333. The lowest BCUT2D eigenvalue weighted by Crippen LogP contribution is -2.35. The van der Waals surface area contributed by atoms with E-state index in [0.29, 0.717) is 72.2 Å². The van der Waals surface area contributed by atoms with E-state index >= 15 is 0 Å². The number of anilines is 2. The Labute approximate surface area is 308 Å². The van der Waals surface area contributed by atoms with E-state index in [1.165, 1.54) is 0 Å². The molecule has 11 nitrogen and oxygen atoms in total. The molecule has 3 aromatic heterocycles. The number of benzene rings is 3. The summed E-state index contributed by atoms with van der Waals surface area (Å²) in [6, 6.07) is 20.4. The molecule has 6 aromatic rings. The van der Waals surface area contributed by atoms with Gasteiger partial charge in [-0.25, -0.2) is 15.0 Å². The number of hydrogen-bond donors (Lipinski definition) is 3. The van der Waals surface area contributed by atoms with Crippen LogP contribution in [-0.2, 0) is 17.8 Å². The topological polar surface area (TPSA) is 161 Å². The molecule has 1 saturated heterocycles. The Morgan fingerprint density at radius 1 is 0.981 bits per heavy atom. The van der Waals surface area contributed by atoms with Crippen molar-refractivity contribution in [2.45, 2.75) is 59.9 Å². The lowest BCUT2D eigenvalue weighted by atomic mass is 9.93. The second-order valence-electron chi connectivity index (χ2n) is 14.2. The van der Waals surface area contributed by atoms with E-state index in [2.05, 4.69) is 53.3 Å². The van der Waals surface area contributed by atoms with Gasteiger partial charge in [-0.1, -0.05) is 31.2 Å². The van der Waals surface area contributed by atoms with Crippen LogP contribution in [0.4, 0.5) is 11.5 Å². The number of piperidine rings is 1. The van der Waals surface area contributed by atoms with Gasteiger partial charge in [-0.3, -0.25) is 14.7 Å². The molecule has 0 bridgehead atoms. The van der Waals surface area contributed by atoms with E-state index < -0.39 is 5.97 Å². The van der Waals surface area contributed by atoms with Crippen LogP contribution in [0.15, 0.2) is 65.2 Å². The Hall–Kier alpha value is -5.70. The average Bonchev–Trinajstić information content (AvgIpc) is 3.58. The van der Waals surface area contributed by atoms with Crippen LogP contribution in [-0.4, -0.2) is 60.7 Å². The van der Waals surface area contributed by atoms with Gasteiger partial charge in [-0.05, 0) is 129 Å². The molecule has 1 aliphatic heterocycles. The maximum atomic E-state index is 11.4. The number of aromatic nitrogens is 4. The van der Waals surface area contributed by atoms with Crippen LogP contribution in [0.25, 0.3) is 44.7 Å². The van der Waals surface area contributed by atoms with Crippen molar-refractivity contribution in [3.63, 3.8) is 0 Å². The third-order valence-electron chi connectivity index (χ3n) is 10.4. The van der Waals surface area contributed by atoms with E-state index in [4.69, 9.17) is 19.4 Å². The maximum Gasteiger partial charge on any atom is 0.306 e. The van der Waals surface area contributed by atoms with Crippen molar-refractivity contribution in [3.05, 3.63) is 94.4 Å². The molecule has 4 heterocycles. The van der Waals surface area contributed by atoms with Crippen molar-refractivity contribution < 1.29 is 19.4 Å². The summed E-state index contributed by atoms with van der Waals surface area (Å²) in [6.07, 6.45) is 4.79. The van der Waals surface area contributed by atoms with Crippen molar-refractivity contribution >= 4 is 39.6 Å². The number of fused-ring (bicyclic) bond motifs is 2. The Morgan fingerprint density at radius 3 is 2.43 bits per heavy atom. The fourth-order valence-electron chi connectivity index (χ4n) is 7.23. The van der Waals surface area contributed by atoms with Crippen LogP contribution in [0.1, 0.15) is 59.8 Å².